The minimum Gasteiger partial charge on any atom is -0.358 e. The molecule has 2 aromatic rings. The number of fused-ring (bicyclic) bond motifs is 3. The van der Waals surface area contributed by atoms with E-state index in [0.29, 0.717) is 0 Å². The topological polar surface area (TPSA) is 19.0 Å². The lowest BCUT2D eigenvalue weighted by atomic mass is 10.0. The number of benzene rings is 1. The Morgan fingerprint density at radius 2 is 2.16 bits per heavy atom. The summed E-state index contributed by atoms with van der Waals surface area (Å²) in [6.45, 7) is 5.45. The first kappa shape index (κ1) is 12.9. The molecular weight excluding hydrogens is 263 g/mol. The molecule has 0 spiro atoms. The van der Waals surface area contributed by atoms with Crippen LogP contribution < -0.4 is 0 Å². The van der Waals surface area contributed by atoms with Crippen molar-refractivity contribution in [1.82, 2.24) is 9.88 Å². The van der Waals surface area contributed by atoms with Crippen molar-refractivity contribution in [3.05, 3.63) is 34.2 Å². The summed E-state index contributed by atoms with van der Waals surface area (Å²) in [5.41, 5.74) is 3.48. The van der Waals surface area contributed by atoms with Crippen LogP contribution in [0.25, 0.3) is 10.9 Å². The molecule has 19 heavy (non-hydrogen) atoms. The molecule has 0 aliphatic carbocycles. The largest absolute Gasteiger partial charge is 0.358 e. The third-order valence-corrected chi connectivity index (χ3v) is 4.35. The van der Waals surface area contributed by atoms with E-state index in [1.54, 1.807) is 12.1 Å². The van der Waals surface area contributed by atoms with Gasteiger partial charge >= 0.3 is 0 Å². The molecule has 0 saturated carbocycles. The second-order valence-electron chi connectivity index (χ2n) is 5.18. The summed E-state index contributed by atoms with van der Waals surface area (Å²) >= 11 is 5.86. The molecule has 1 aliphatic heterocycles. The second-order valence-corrected chi connectivity index (χ2v) is 5.59. The third-order valence-electron chi connectivity index (χ3n) is 4.06. The van der Waals surface area contributed by atoms with Crippen molar-refractivity contribution in [3.63, 3.8) is 0 Å². The van der Waals surface area contributed by atoms with Gasteiger partial charge in [0.25, 0.3) is 0 Å². The van der Waals surface area contributed by atoms with E-state index in [2.05, 4.69) is 16.8 Å². The molecule has 0 fully saturated rings. The number of nitrogens with one attached hydrogen (secondary N) is 1. The maximum atomic E-state index is 13.7. The van der Waals surface area contributed by atoms with Crippen LogP contribution in [0.5, 0.6) is 0 Å². The first-order valence-corrected chi connectivity index (χ1v) is 7.27. The second kappa shape index (κ2) is 5.14. The van der Waals surface area contributed by atoms with Crippen LogP contribution in [0, 0.1) is 5.82 Å². The van der Waals surface area contributed by atoms with Crippen molar-refractivity contribution < 1.29 is 4.39 Å². The Morgan fingerprint density at radius 1 is 1.32 bits per heavy atom. The number of hydrogen-bond donors (Lipinski definition) is 1. The maximum Gasteiger partial charge on any atom is 0.142 e. The number of hydrogen-bond acceptors (Lipinski definition) is 1. The average Bonchev–Trinajstić information content (AvgIpc) is 2.67. The summed E-state index contributed by atoms with van der Waals surface area (Å²) in [7, 11) is 0. The summed E-state index contributed by atoms with van der Waals surface area (Å²) in [6.07, 6.45) is 3.15. The minimum atomic E-state index is -0.328. The van der Waals surface area contributed by atoms with Gasteiger partial charge in [-0.25, -0.2) is 4.39 Å². The lowest BCUT2D eigenvalue weighted by Gasteiger charge is -2.22. The number of aryl methyl sites for hydroxylation is 1. The molecule has 1 aromatic heterocycles. The molecule has 0 saturated heterocycles. The van der Waals surface area contributed by atoms with Crippen LogP contribution >= 0.6 is 11.6 Å². The molecule has 0 radical (unpaired) electrons. The fourth-order valence-electron chi connectivity index (χ4n) is 2.98. The van der Waals surface area contributed by atoms with E-state index >= 15 is 0 Å². The first-order chi connectivity index (χ1) is 9.19. The quantitative estimate of drug-likeness (QED) is 0.842. The van der Waals surface area contributed by atoms with E-state index in [-0.39, 0.29) is 10.8 Å². The van der Waals surface area contributed by atoms with E-state index in [1.165, 1.54) is 11.3 Å². The Bertz CT molecular complexity index is 606. The molecule has 1 aromatic carbocycles. The van der Waals surface area contributed by atoms with Crippen molar-refractivity contribution in [2.45, 2.75) is 26.2 Å². The van der Waals surface area contributed by atoms with Crippen LogP contribution in [-0.4, -0.2) is 29.5 Å². The van der Waals surface area contributed by atoms with Crippen molar-refractivity contribution in [2.24, 2.45) is 0 Å². The van der Waals surface area contributed by atoms with Gasteiger partial charge in [-0.1, -0.05) is 18.5 Å². The Labute approximate surface area is 117 Å². The standard InChI is InChI=1S/C15H18ClFN2/c1-2-19-6-3-4-14-10(5-7-19)11-8-13(17)12(16)9-15(11)18-14/h8-9,18H,2-7H2,1H3. The van der Waals surface area contributed by atoms with E-state index in [4.69, 9.17) is 11.6 Å². The molecular formula is C15H18ClFN2. The van der Waals surface area contributed by atoms with Gasteiger partial charge in [-0.3, -0.25) is 0 Å². The van der Waals surface area contributed by atoms with E-state index in [1.807, 2.05) is 0 Å². The smallest absolute Gasteiger partial charge is 0.142 e. The van der Waals surface area contributed by atoms with Crippen LogP contribution in [0.1, 0.15) is 24.6 Å². The molecule has 102 valence electrons. The van der Waals surface area contributed by atoms with Crippen molar-refractivity contribution in [2.75, 3.05) is 19.6 Å². The number of aromatic nitrogens is 1. The fraction of sp³-hybridized carbons (Fsp3) is 0.467. The van der Waals surface area contributed by atoms with Gasteiger partial charge in [0.1, 0.15) is 5.82 Å². The zero-order chi connectivity index (χ0) is 13.4. The van der Waals surface area contributed by atoms with Crippen LogP contribution in [-0.2, 0) is 12.8 Å². The molecule has 0 unspecified atom stereocenters. The van der Waals surface area contributed by atoms with Gasteiger partial charge < -0.3 is 9.88 Å². The highest BCUT2D eigenvalue weighted by molar-refractivity contribution is 6.31. The Balaban J connectivity index is 2.06. The predicted octanol–water partition coefficient (Wildman–Crippen LogP) is 3.77. The summed E-state index contributed by atoms with van der Waals surface area (Å²) in [4.78, 5) is 5.87. The number of nitrogens with zero attached hydrogens (tertiary/aromatic N) is 1. The first-order valence-electron chi connectivity index (χ1n) is 6.90. The molecule has 0 amide bonds. The molecule has 4 heteroatoms. The van der Waals surface area contributed by atoms with Gasteiger partial charge in [0.05, 0.1) is 5.02 Å². The molecule has 2 heterocycles. The predicted molar refractivity (Wildman–Crippen MR) is 77.4 cm³/mol. The molecule has 0 atom stereocenters. The third kappa shape index (κ3) is 2.37. The van der Waals surface area contributed by atoms with Crippen LogP contribution in [0.4, 0.5) is 4.39 Å². The van der Waals surface area contributed by atoms with Crippen molar-refractivity contribution in [3.8, 4) is 0 Å². The number of likely N-dealkylation sites (N-methyl/N-ethyl adjacent to an activating group) is 1. The Morgan fingerprint density at radius 3 is 2.95 bits per heavy atom. The average molecular weight is 281 g/mol. The Kier molecular flexibility index (Phi) is 3.50. The van der Waals surface area contributed by atoms with Gasteiger partial charge in [0, 0.05) is 23.1 Å². The van der Waals surface area contributed by atoms with Gasteiger partial charge in [-0.05, 0) is 50.0 Å². The highest BCUT2D eigenvalue weighted by Gasteiger charge is 2.17. The summed E-state index contributed by atoms with van der Waals surface area (Å²) < 4.78 is 13.7. The van der Waals surface area contributed by atoms with Gasteiger partial charge in [-0.2, -0.15) is 0 Å². The zero-order valence-electron chi connectivity index (χ0n) is 11.1. The SMILES string of the molecule is CCN1CCCc2[nH]c3cc(Cl)c(F)cc3c2CC1. The molecule has 1 aliphatic rings. The van der Waals surface area contributed by atoms with Crippen molar-refractivity contribution in [1.29, 1.82) is 0 Å². The molecule has 0 bridgehead atoms. The van der Waals surface area contributed by atoms with E-state index < -0.39 is 0 Å². The van der Waals surface area contributed by atoms with Crippen LogP contribution in [0.3, 0.4) is 0 Å². The normalized spacial score (nSPS) is 17.2. The number of aromatic amines is 1. The van der Waals surface area contributed by atoms with Crippen LogP contribution in [0.15, 0.2) is 12.1 Å². The van der Waals surface area contributed by atoms with Crippen molar-refractivity contribution >= 4 is 22.5 Å². The maximum absolute atomic E-state index is 13.7. The lowest BCUT2D eigenvalue weighted by molar-refractivity contribution is 0.283. The molecule has 3 rings (SSSR count). The Hall–Kier alpha value is -1.06. The van der Waals surface area contributed by atoms with Gasteiger partial charge in [0.15, 0.2) is 0 Å². The summed E-state index contributed by atoms with van der Waals surface area (Å²) in [5.74, 6) is -0.328. The summed E-state index contributed by atoms with van der Waals surface area (Å²) in [5, 5.41) is 1.19. The molecule has 2 nitrogen and oxygen atoms in total. The monoisotopic (exact) mass is 280 g/mol. The van der Waals surface area contributed by atoms with E-state index in [9.17, 15) is 4.39 Å². The van der Waals surface area contributed by atoms with Crippen LogP contribution in [0.2, 0.25) is 5.02 Å². The van der Waals surface area contributed by atoms with E-state index in [0.717, 1.165) is 49.8 Å². The number of H-pyrrole nitrogens is 1. The minimum absolute atomic E-state index is 0.192. The molecule has 1 N–H and O–H groups in total. The number of halogens is 2. The fourth-order valence-corrected chi connectivity index (χ4v) is 3.14. The zero-order valence-corrected chi connectivity index (χ0v) is 11.9. The number of rotatable bonds is 1. The van der Waals surface area contributed by atoms with Gasteiger partial charge in [0.2, 0.25) is 0 Å². The highest BCUT2D eigenvalue weighted by Crippen LogP contribution is 2.29. The highest BCUT2D eigenvalue weighted by atomic mass is 35.5. The lowest BCUT2D eigenvalue weighted by Crippen LogP contribution is -2.29. The summed E-state index contributed by atoms with van der Waals surface area (Å²) in [6, 6.07) is 3.28. The van der Waals surface area contributed by atoms with Gasteiger partial charge in [-0.15, -0.1) is 0 Å².